The number of nitrogens with zero attached hydrogens (tertiary/aromatic N) is 3. The molecule has 0 bridgehead atoms. The molecule has 0 aliphatic carbocycles. The maximum Gasteiger partial charge on any atom is 0.186 e. The predicted octanol–water partition coefficient (Wildman–Crippen LogP) is 5.52. The number of hydrogen-bond acceptors (Lipinski definition) is 5. The van der Waals surface area contributed by atoms with E-state index in [2.05, 4.69) is 22.8 Å². The summed E-state index contributed by atoms with van der Waals surface area (Å²) in [5.41, 5.74) is 3.27. The number of phenolic OH excluding ortho intramolecular Hbond substituents is 1. The van der Waals surface area contributed by atoms with Gasteiger partial charge in [0, 0.05) is 37.2 Å². The first-order chi connectivity index (χ1) is 12.5. The summed E-state index contributed by atoms with van der Waals surface area (Å²) in [5, 5.41) is 11.7. The molecule has 2 aromatic carbocycles. The Hall–Kier alpha value is -1.24. The summed E-state index contributed by atoms with van der Waals surface area (Å²) < 4.78 is 1.14. The fourth-order valence-electron chi connectivity index (χ4n) is 3.59. The van der Waals surface area contributed by atoms with Crippen molar-refractivity contribution in [2.75, 3.05) is 24.5 Å². The standard InChI is InChI=1S/C20H22ClN3OS.2ClH/c1-13-7-15(9-17(25)8-13)12-23-5-6-24(11-14(23)2)20-22-18-4-3-16(21)10-19(18)26-20;;/h3-4,7-10,14,25H,5-6,11-12H2,1-2H3;2*1H/t14-;;/m1../s1. The van der Waals surface area contributed by atoms with Gasteiger partial charge in [-0.15, -0.1) is 24.8 Å². The van der Waals surface area contributed by atoms with Gasteiger partial charge < -0.3 is 10.0 Å². The average molecular weight is 461 g/mol. The lowest BCUT2D eigenvalue weighted by Crippen LogP contribution is -2.51. The molecule has 1 N–H and O–H groups in total. The summed E-state index contributed by atoms with van der Waals surface area (Å²) in [5.74, 6) is 0.347. The highest BCUT2D eigenvalue weighted by atomic mass is 35.5. The van der Waals surface area contributed by atoms with E-state index in [1.165, 1.54) is 0 Å². The fraction of sp³-hybridized carbons (Fsp3) is 0.350. The number of fused-ring (bicyclic) bond motifs is 1. The van der Waals surface area contributed by atoms with Gasteiger partial charge in [-0.1, -0.05) is 29.0 Å². The summed E-state index contributed by atoms with van der Waals surface area (Å²) in [4.78, 5) is 9.61. The van der Waals surface area contributed by atoms with Gasteiger partial charge in [0.2, 0.25) is 0 Å². The van der Waals surface area contributed by atoms with Crippen molar-refractivity contribution in [3.8, 4) is 5.75 Å². The Morgan fingerprint density at radius 3 is 2.68 bits per heavy atom. The zero-order valence-corrected chi connectivity index (χ0v) is 19.0. The maximum atomic E-state index is 9.83. The first kappa shape index (κ1) is 23.0. The van der Waals surface area contributed by atoms with Crippen LogP contribution in [0, 0.1) is 6.92 Å². The van der Waals surface area contributed by atoms with Crippen LogP contribution in [0.2, 0.25) is 5.02 Å². The number of aromatic nitrogens is 1. The molecule has 0 saturated carbocycles. The normalized spacial score (nSPS) is 17.2. The Bertz CT molecular complexity index is 929. The molecule has 1 aliphatic rings. The number of anilines is 1. The number of thiazole rings is 1. The van der Waals surface area contributed by atoms with Crippen LogP contribution in [0.4, 0.5) is 5.13 Å². The minimum atomic E-state index is 0. The van der Waals surface area contributed by atoms with E-state index < -0.39 is 0 Å². The predicted molar refractivity (Wildman–Crippen MR) is 124 cm³/mol. The minimum absolute atomic E-state index is 0. The monoisotopic (exact) mass is 459 g/mol. The lowest BCUT2D eigenvalue weighted by molar-refractivity contribution is 0.181. The largest absolute Gasteiger partial charge is 0.508 e. The highest BCUT2D eigenvalue weighted by Crippen LogP contribution is 2.32. The van der Waals surface area contributed by atoms with Crippen LogP contribution in [0.1, 0.15) is 18.1 Å². The smallest absolute Gasteiger partial charge is 0.186 e. The molecule has 3 aromatic rings. The zero-order valence-electron chi connectivity index (χ0n) is 15.8. The van der Waals surface area contributed by atoms with Crippen molar-refractivity contribution in [3.63, 3.8) is 0 Å². The number of halogens is 3. The third kappa shape index (κ3) is 5.02. The molecule has 1 aromatic heterocycles. The number of aromatic hydroxyl groups is 1. The van der Waals surface area contributed by atoms with Gasteiger partial charge in [-0.3, -0.25) is 4.90 Å². The van der Waals surface area contributed by atoms with Crippen LogP contribution in [0.3, 0.4) is 0 Å². The van der Waals surface area contributed by atoms with Crippen LogP contribution in [0.5, 0.6) is 5.75 Å². The highest BCUT2D eigenvalue weighted by Gasteiger charge is 2.25. The average Bonchev–Trinajstić information content (AvgIpc) is 2.99. The number of phenols is 1. The number of piperazine rings is 1. The Kier molecular flexibility index (Phi) is 7.82. The lowest BCUT2D eigenvalue weighted by Gasteiger charge is -2.39. The second-order valence-electron chi connectivity index (χ2n) is 7.05. The van der Waals surface area contributed by atoms with Crippen molar-refractivity contribution in [2.24, 2.45) is 0 Å². The maximum absolute atomic E-state index is 9.83. The summed E-state index contributed by atoms with van der Waals surface area (Å²) in [6.45, 7) is 8.02. The Morgan fingerprint density at radius 2 is 1.96 bits per heavy atom. The molecule has 2 heterocycles. The molecular weight excluding hydrogens is 437 g/mol. The molecule has 1 fully saturated rings. The van der Waals surface area contributed by atoms with Crippen molar-refractivity contribution < 1.29 is 5.11 Å². The third-order valence-corrected chi connectivity index (χ3v) is 6.20. The number of aryl methyl sites for hydroxylation is 1. The van der Waals surface area contributed by atoms with Crippen molar-refractivity contribution in [2.45, 2.75) is 26.4 Å². The zero-order chi connectivity index (χ0) is 18.3. The molecule has 0 unspecified atom stereocenters. The van der Waals surface area contributed by atoms with Gasteiger partial charge in [-0.25, -0.2) is 4.98 Å². The van der Waals surface area contributed by atoms with Gasteiger partial charge in [0.1, 0.15) is 5.75 Å². The van der Waals surface area contributed by atoms with Crippen molar-refractivity contribution in [1.82, 2.24) is 9.88 Å². The first-order valence-corrected chi connectivity index (χ1v) is 10.0. The topological polar surface area (TPSA) is 39.6 Å². The molecule has 4 rings (SSSR count). The molecule has 0 spiro atoms. The van der Waals surface area contributed by atoms with E-state index in [0.717, 1.165) is 57.7 Å². The molecule has 0 amide bonds. The van der Waals surface area contributed by atoms with Crippen molar-refractivity contribution in [1.29, 1.82) is 0 Å². The molecule has 0 radical (unpaired) electrons. The Labute approximate surface area is 187 Å². The highest BCUT2D eigenvalue weighted by molar-refractivity contribution is 7.22. The second kappa shape index (κ2) is 9.51. The van der Waals surface area contributed by atoms with Crippen LogP contribution in [-0.4, -0.2) is 40.7 Å². The number of hydrogen-bond donors (Lipinski definition) is 1. The lowest BCUT2D eigenvalue weighted by atomic mass is 10.1. The molecule has 28 heavy (non-hydrogen) atoms. The molecule has 8 heteroatoms. The quantitative estimate of drug-likeness (QED) is 0.559. The van der Waals surface area contributed by atoms with E-state index in [-0.39, 0.29) is 24.8 Å². The molecule has 1 saturated heterocycles. The van der Waals surface area contributed by atoms with Gasteiger partial charge in [-0.05, 0) is 55.3 Å². The molecule has 4 nitrogen and oxygen atoms in total. The van der Waals surface area contributed by atoms with Crippen LogP contribution in [-0.2, 0) is 6.54 Å². The van der Waals surface area contributed by atoms with Gasteiger partial charge >= 0.3 is 0 Å². The van der Waals surface area contributed by atoms with Crippen LogP contribution in [0.15, 0.2) is 36.4 Å². The van der Waals surface area contributed by atoms with E-state index in [4.69, 9.17) is 16.6 Å². The van der Waals surface area contributed by atoms with Gasteiger partial charge in [-0.2, -0.15) is 0 Å². The summed E-state index contributed by atoms with van der Waals surface area (Å²) in [6, 6.07) is 12.1. The molecular formula is C20H24Cl3N3OS. The SMILES string of the molecule is Cc1cc(O)cc(CN2CCN(c3nc4ccc(Cl)cc4s3)C[C@H]2C)c1.Cl.Cl. The third-order valence-electron chi connectivity index (χ3n) is 4.88. The molecule has 1 aliphatic heterocycles. The van der Waals surface area contributed by atoms with Crippen LogP contribution in [0.25, 0.3) is 10.2 Å². The van der Waals surface area contributed by atoms with Crippen molar-refractivity contribution >= 4 is 63.1 Å². The summed E-state index contributed by atoms with van der Waals surface area (Å²) in [6.07, 6.45) is 0. The van der Waals surface area contributed by atoms with E-state index in [1.54, 1.807) is 17.4 Å². The Morgan fingerprint density at radius 1 is 1.18 bits per heavy atom. The summed E-state index contributed by atoms with van der Waals surface area (Å²) in [7, 11) is 0. The van der Waals surface area contributed by atoms with Crippen LogP contribution < -0.4 is 4.90 Å². The van der Waals surface area contributed by atoms with Crippen molar-refractivity contribution in [3.05, 3.63) is 52.5 Å². The van der Waals surface area contributed by atoms with E-state index in [0.29, 0.717) is 11.8 Å². The Balaban J connectivity index is 0.00000140. The second-order valence-corrected chi connectivity index (χ2v) is 8.50. The van der Waals surface area contributed by atoms with Gasteiger partial charge in [0.25, 0.3) is 0 Å². The summed E-state index contributed by atoms with van der Waals surface area (Å²) >= 11 is 7.80. The van der Waals surface area contributed by atoms with Gasteiger partial charge in [0.05, 0.1) is 10.2 Å². The molecule has 1 atom stereocenters. The number of rotatable bonds is 3. The fourth-order valence-corrected chi connectivity index (χ4v) is 4.87. The van der Waals surface area contributed by atoms with E-state index in [9.17, 15) is 5.11 Å². The van der Waals surface area contributed by atoms with Gasteiger partial charge in [0.15, 0.2) is 5.13 Å². The van der Waals surface area contributed by atoms with E-state index >= 15 is 0 Å². The minimum Gasteiger partial charge on any atom is -0.508 e. The van der Waals surface area contributed by atoms with Crippen LogP contribution >= 0.6 is 47.8 Å². The number of benzene rings is 2. The van der Waals surface area contributed by atoms with E-state index in [1.807, 2.05) is 31.2 Å². The first-order valence-electron chi connectivity index (χ1n) is 8.82. The molecule has 152 valence electrons.